The van der Waals surface area contributed by atoms with Crippen molar-refractivity contribution in [2.75, 3.05) is 26.3 Å². The number of rotatable bonds is 1. The normalized spacial score (nSPS) is 18.7. The van der Waals surface area contributed by atoms with Gasteiger partial charge in [-0.05, 0) is 20.8 Å². The summed E-state index contributed by atoms with van der Waals surface area (Å²) in [6.45, 7) is 7.94. The lowest BCUT2D eigenvalue weighted by atomic mass is 10.0. The Labute approximate surface area is 120 Å². The quantitative estimate of drug-likeness (QED) is 0.686. The molecule has 5 nitrogen and oxygen atoms in total. The van der Waals surface area contributed by atoms with Crippen molar-refractivity contribution < 1.29 is 9.53 Å². The van der Waals surface area contributed by atoms with E-state index in [-0.39, 0.29) is 6.09 Å². The molecule has 2 aliphatic rings. The van der Waals surface area contributed by atoms with E-state index in [1.165, 1.54) is 0 Å². The molecule has 0 saturated carbocycles. The van der Waals surface area contributed by atoms with Crippen LogP contribution in [0.5, 0.6) is 0 Å². The van der Waals surface area contributed by atoms with Gasteiger partial charge in [-0.3, -0.25) is 4.99 Å². The third-order valence-electron chi connectivity index (χ3n) is 3.08. The number of likely N-dealkylation sites (tertiary alicyclic amines) is 1. The van der Waals surface area contributed by atoms with Gasteiger partial charge in [-0.2, -0.15) is 0 Å². The Kier molecular flexibility index (Phi) is 4.03. The van der Waals surface area contributed by atoms with Crippen molar-refractivity contribution in [3.05, 3.63) is 11.8 Å². The van der Waals surface area contributed by atoms with Gasteiger partial charge in [-0.1, -0.05) is 5.92 Å². The number of hydrogen-bond donors (Lipinski definition) is 0. The van der Waals surface area contributed by atoms with Gasteiger partial charge in [0.2, 0.25) is 0 Å². The van der Waals surface area contributed by atoms with Gasteiger partial charge in [0.15, 0.2) is 0 Å². The fraction of sp³-hybridized carbons (Fsp3) is 0.600. The molecule has 108 valence electrons. The summed E-state index contributed by atoms with van der Waals surface area (Å²) in [5, 5.41) is 0. The van der Waals surface area contributed by atoms with E-state index in [2.05, 4.69) is 10.9 Å². The van der Waals surface area contributed by atoms with Gasteiger partial charge in [0.05, 0.1) is 13.1 Å². The van der Waals surface area contributed by atoms with Crippen molar-refractivity contribution in [3.8, 4) is 12.3 Å². The summed E-state index contributed by atoms with van der Waals surface area (Å²) >= 11 is 0. The van der Waals surface area contributed by atoms with E-state index in [4.69, 9.17) is 11.2 Å². The van der Waals surface area contributed by atoms with Gasteiger partial charge >= 0.3 is 6.09 Å². The fourth-order valence-corrected chi connectivity index (χ4v) is 2.21. The monoisotopic (exact) mass is 275 g/mol. The molecule has 20 heavy (non-hydrogen) atoms. The molecule has 0 atom stereocenters. The molecule has 2 rings (SSSR count). The minimum Gasteiger partial charge on any atom is -0.444 e. The summed E-state index contributed by atoms with van der Waals surface area (Å²) in [7, 11) is 0. The molecule has 2 aliphatic heterocycles. The molecule has 0 spiro atoms. The van der Waals surface area contributed by atoms with Crippen molar-refractivity contribution in [3.63, 3.8) is 0 Å². The zero-order chi connectivity index (χ0) is 14.8. The van der Waals surface area contributed by atoms with E-state index >= 15 is 0 Å². The van der Waals surface area contributed by atoms with Gasteiger partial charge in [-0.25, -0.2) is 4.79 Å². The lowest BCUT2D eigenvalue weighted by Crippen LogP contribution is -2.44. The molecule has 1 amide bonds. The zero-order valence-corrected chi connectivity index (χ0v) is 12.3. The standard InChI is InChI=1S/C15H21N3O2/c1-5-7-17-9-12-10-18(8-6-13(12)16-11-17)14(19)20-15(2,3)4/h1,9H,6-8,10-11H2,2-4H3. The average Bonchev–Trinajstić information content (AvgIpc) is 2.36. The van der Waals surface area contributed by atoms with Crippen LogP contribution in [0.1, 0.15) is 27.2 Å². The molecule has 0 aromatic rings. The molecular weight excluding hydrogens is 254 g/mol. The Bertz CT molecular complexity index is 494. The molecule has 2 heterocycles. The first-order valence-electron chi connectivity index (χ1n) is 6.79. The number of terminal acetylenes is 1. The van der Waals surface area contributed by atoms with Gasteiger partial charge in [-0.15, -0.1) is 6.42 Å². The number of aliphatic imine (C=N–C) groups is 1. The molecule has 0 aromatic heterocycles. The maximum Gasteiger partial charge on any atom is 0.410 e. The average molecular weight is 275 g/mol. The second-order valence-electron chi connectivity index (χ2n) is 6.00. The largest absolute Gasteiger partial charge is 0.444 e. The van der Waals surface area contributed by atoms with Crippen molar-refractivity contribution >= 4 is 11.8 Å². The predicted octanol–water partition coefficient (Wildman–Crippen LogP) is 1.86. The molecule has 1 fully saturated rings. The number of ether oxygens (including phenoxy) is 1. The topological polar surface area (TPSA) is 45.1 Å². The number of carbonyl (C=O) groups excluding carboxylic acids is 1. The van der Waals surface area contributed by atoms with Crippen LogP contribution in [0.2, 0.25) is 0 Å². The van der Waals surface area contributed by atoms with Crippen molar-refractivity contribution in [2.45, 2.75) is 32.8 Å². The first-order chi connectivity index (χ1) is 9.39. The van der Waals surface area contributed by atoms with Crippen LogP contribution in [0.3, 0.4) is 0 Å². The van der Waals surface area contributed by atoms with Crippen LogP contribution >= 0.6 is 0 Å². The van der Waals surface area contributed by atoms with Gasteiger partial charge < -0.3 is 14.5 Å². The summed E-state index contributed by atoms with van der Waals surface area (Å²) in [5.74, 6) is 2.60. The molecule has 0 radical (unpaired) electrons. The third-order valence-corrected chi connectivity index (χ3v) is 3.08. The van der Waals surface area contributed by atoms with E-state index in [1.807, 2.05) is 31.9 Å². The first kappa shape index (κ1) is 14.4. The van der Waals surface area contributed by atoms with E-state index in [1.54, 1.807) is 4.90 Å². The SMILES string of the molecule is C#CCN1C=C2CN(C(=O)OC(C)(C)C)CCC2=NC1. The van der Waals surface area contributed by atoms with Gasteiger partial charge in [0, 0.05) is 30.5 Å². The third kappa shape index (κ3) is 3.53. The smallest absolute Gasteiger partial charge is 0.410 e. The highest BCUT2D eigenvalue weighted by Gasteiger charge is 2.29. The highest BCUT2D eigenvalue weighted by Crippen LogP contribution is 2.20. The van der Waals surface area contributed by atoms with Crippen molar-refractivity contribution in [1.82, 2.24) is 9.80 Å². The van der Waals surface area contributed by atoms with Crippen LogP contribution in [0.4, 0.5) is 4.79 Å². The van der Waals surface area contributed by atoms with Crippen LogP contribution in [-0.2, 0) is 4.74 Å². The van der Waals surface area contributed by atoms with Crippen LogP contribution in [-0.4, -0.2) is 53.5 Å². The number of piperidine rings is 1. The van der Waals surface area contributed by atoms with Crippen molar-refractivity contribution in [1.29, 1.82) is 0 Å². The minimum atomic E-state index is -0.470. The van der Waals surface area contributed by atoms with E-state index in [0.717, 1.165) is 17.7 Å². The Morgan fingerprint density at radius 3 is 2.95 bits per heavy atom. The summed E-state index contributed by atoms with van der Waals surface area (Å²) in [4.78, 5) is 20.3. The molecule has 1 saturated heterocycles. The first-order valence-corrected chi connectivity index (χ1v) is 6.79. The van der Waals surface area contributed by atoms with Crippen LogP contribution in [0, 0.1) is 12.3 Å². The number of nitrogens with zero attached hydrogens (tertiary/aromatic N) is 3. The molecule has 5 heteroatoms. The maximum atomic E-state index is 12.1. The lowest BCUT2D eigenvalue weighted by Gasteiger charge is -2.34. The second-order valence-corrected chi connectivity index (χ2v) is 6.00. The molecule has 0 aromatic carbocycles. The predicted molar refractivity (Wildman–Crippen MR) is 78.3 cm³/mol. The fourth-order valence-electron chi connectivity index (χ4n) is 2.21. The van der Waals surface area contributed by atoms with Gasteiger partial charge in [0.1, 0.15) is 12.3 Å². The number of hydrogen-bond acceptors (Lipinski definition) is 4. The Morgan fingerprint density at radius 2 is 2.30 bits per heavy atom. The summed E-state index contributed by atoms with van der Waals surface area (Å²) in [6.07, 6.45) is 7.83. The minimum absolute atomic E-state index is 0.272. The number of amides is 1. The Balaban J connectivity index is 2.03. The van der Waals surface area contributed by atoms with E-state index in [9.17, 15) is 4.79 Å². The molecule has 0 aliphatic carbocycles. The highest BCUT2D eigenvalue weighted by atomic mass is 16.6. The van der Waals surface area contributed by atoms with Crippen LogP contribution in [0.25, 0.3) is 0 Å². The summed E-state index contributed by atoms with van der Waals surface area (Å²) < 4.78 is 5.41. The molecule has 0 bridgehead atoms. The second kappa shape index (κ2) is 5.58. The Morgan fingerprint density at radius 1 is 1.55 bits per heavy atom. The molecule has 0 unspecified atom stereocenters. The van der Waals surface area contributed by atoms with Gasteiger partial charge in [0.25, 0.3) is 0 Å². The van der Waals surface area contributed by atoms with Crippen LogP contribution in [0.15, 0.2) is 16.8 Å². The van der Waals surface area contributed by atoms with E-state index < -0.39 is 5.60 Å². The Hall–Kier alpha value is -1.96. The molecular formula is C15H21N3O2. The number of fused-ring (bicyclic) bond motifs is 1. The number of carbonyl (C=O) groups is 1. The molecule has 0 N–H and O–H groups in total. The summed E-state index contributed by atoms with van der Waals surface area (Å²) in [6, 6.07) is 0. The lowest BCUT2D eigenvalue weighted by molar-refractivity contribution is 0.0266. The maximum absolute atomic E-state index is 12.1. The highest BCUT2D eigenvalue weighted by molar-refractivity contribution is 6.02. The summed E-state index contributed by atoms with van der Waals surface area (Å²) in [5.41, 5.74) is 1.67. The van der Waals surface area contributed by atoms with Crippen molar-refractivity contribution in [2.24, 2.45) is 4.99 Å². The van der Waals surface area contributed by atoms with Crippen LogP contribution < -0.4 is 0 Å². The van der Waals surface area contributed by atoms with E-state index in [0.29, 0.717) is 26.3 Å². The zero-order valence-electron chi connectivity index (χ0n) is 12.3.